The lowest BCUT2D eigenvalue weighted by molar-refractivity contribution is -0.386. The first-order valence-corrected chi connectivity index (χ1v) is 6.18. The van der Waals surface area contributed by atoms with Crippen LogP contribution in [0.1, 0.15) is 10.4 Å². The fourth-order valence-electron chi connectivity index (χ4n) is 1.49. The number of halogens is 2. The standard InChI is InChI=1S/C12H6BrFN2O5/c13-6-3-9(16(19)20)11(15-5-6)21-10-2-1-7(14)4-8(10)12(17)18/h1-5H,(H,17,18). The predicted octanol–water partition coefficient (Wildman–Crippen LogP) is 3.38. The molecule has 2 rings (SSSR count). The van der Waals surface area contributed by atoms with Crippen LogP contribution in [0.25, 0.3) is 0 Å². The maximum Gasteiger partial charge on any atom is 0.339 e. The molecule has 21 heavy (non-hydrogen) atoms. The highest BCUT2D eigenvalue weighted by molar-refractivity contribution is 9.10. The summed E-state index contributed by atoms with van der Waals surface area (Å²) in [4.78, 5) is 24.9. The van der Waals surface area contributed by atoms with Gasteiger partial charge in [0.05, 0.1) is 4.92 Å². The van der Waals surface area contributed by atoms with Gasteiger partial charge < -0.3 is 9.84 Å². The summed E-state index contributed by atoms with van der Waals surface area (Å²) in [6, 6.07) is 3.95. The molecule has 0 amide bonds. The molecule has 1 aromatic carbocycles. The monoisotopic (exact) mass is 356 g/mol. The van der Waals surface area contributed by atoms with Gasteiger partial charge in [-0.1, -0.05) is 0 Å². The quantitative estimate of drug-likeness (QED) is 0.665. The Morgan fingerprint density at radius 2 is 2.14 bits per heavy atom. The number of rotatable bonds is 4. The average Bonchev–Trinajstić information content (AvgIpc) is 2.42. The lowest BCUT2D eigenvalue weighted by Gasteiger charge is -2.08. The number of nitro groups is 1. The molecule has 0 aliphatic rings. The number of nitrogens with zero attached hydrogens (tertiary/aromatic N) is 2. The van der Waals surface area contributed by atoms with Crippen molar-refractivity contribution in [3.63, 3.8) is 0 Å². The van der Waals surface area contributed by atoms with E-state index in [1.807, 2.05) is 0 Å². The van der Waals surface area contributed by atoms with Crippen LogP contribution in [0.5, 0.6) is 11.6 Å². The maximum atomic E-state index is 13.1. The van der Waals surface area contributed by atoms with E-state index in [4.69, 9.17) is 9.84 Å². The van der Waals surface area contributed by atoms with E-state index in [2.05, 4.69) is 20.9 Å². The van der Waals surface area contributed by atoms with Crippen LogP contribution in [0.2, 0.25) is 0 Å². The van der Waals surface area contributed by atoms with Crippen molar-refractivity contribution in [3.05, 3.63) is 56.4 Å². The highest BCUT2D eigenvalue weighted by atomic mass is 79.9. The first kappa shape index (κ1) is 14.9. The number of ether oxygens (including phenoxy) is 1. The molecule has 0 radical (unpaired) electrons. The Hall–Kier alpha value is -2.55. The molecule has 0 saturated carbocycles. The third kappa shape index (κ3) is 3.31. The minimum absolute atomic E-state index is 0.248. The summed E-state index contributed by atoms with van der Waals surface area (Å²) in [6.45, 7) is 0. The first-order chi connectivity index (χ1) is 9.88. The Morgan fingerprint density at radius 3 is 2.76 bits per heavy atom. The fraction of sp³-hybridized carbons (Fsp3) is 0. The van der Waals surface area contributed by atoms with E-state index in [0.717, 1.165) is 24.3 Å². The van der Waals surface area contributed by atoms with Crippen LogP contribution in [-0.2, 0) is 0 Å². The number of pyridine rings is 1. The zero-order valence-corrected chi connectivity index (χ0v) is 11.7. The highest BCUT2D eigenvalue weighted by Crippen LogP contribution is 2.33. The summed E-state index contributed by atoms with van der Waals surface area (Å²) in [5.41, 5.74) is -0.918. The van der Waals surface area contributed by atoms with Crippen LogP contribution in [0, 0.1) is 15.9 Å². The zero-order chi connectivity index (χ0) is 15.6. The molecule has 0 fully saturated rings. The third-order valence-electron chi connectivity index (χ3n) is 2.37. The van der Waals surface area contributed by atoms with E-state index < -0.39 is 33.8 Å². The van der Waals surface area contributed by atoms with Crippen LogP contribution in [0.3, 0.4) is 0 Å². The van der Waals surface area contributed by atoms with E-state index in [9.17, 15) is 19.3 Å². The number of benzene rings is 1. The molecule has 9 heteroatoms. The summed E-state index contributed by atoms with van der Waals surface area (Å²) < 4.78 is 18.6. The second-order valence-electron chi connectivity index (χ2n) is 3.78. The molecule has 1 aromatic heterocycles. The van der Waals surface area contributed by atoms with E-state index >= 15 is 0 Å². The second kappa shape index (κ2) is 5.83. The zero-order valence-electron chi connectivity index (χ0n) is 10.1. The number of hydrogen-bond donors (Lipinski definition) is 1. The van der Waals surface area contributed by atoms with Crippen molar-refractivity contribution < 1.29 is 24.0 Å². The molecule has 0 aliphatic carbocycles. The Balaban J connectivity index is 2.48. The fourth-order valence-corrected chi connectivity index (χ4v) is 1.81. The normalized spacial score (nSPS) is 10.2. The van der Waals surface area contributed by atoms with Gasteiger partial charge in [0, 0.05) is 16.7 Å². The van der Waals surface area contributed by atoms with E-state index in [1.54, 1.807) is 0 Å². The molecule has 0 spiro atoms. The van der Waals surface area contributed by atoms with Crippen LogP contribution in [-0.4, -0.2) is 21.0 Å². The molecule has 108 valence electrons. The summed E-state index contributed by atoms with van der Waals surface area (Å²) in [7, 11) is 0. The van der Waals surface area contributed by atoms with Gasteiger partial charge in [-0.15, -0.1) is 0 Å². The van der Waals surface area contributed by atoms with Crippen LogP contribution in [0.15, 0.2) is 34.9 Å². The number of aromatic nitrogens is 1. The predicted molar refractivity (Wildman–Crippen MR) is 72.0 cm³/mol. The summed E-state index contributed by atoms with van der Waals surface area (Å²) in [6.07, 6.45) is 1.26. The minimum atomic E-state index is -1.43. The van der Waals surface area contributed by atoms with Gasteiger partial charge in [0.1, 0.15) is 17.1 Å². The average molecular weight is 357 g/mol. The molecule has 2 aromatic rings. The van der Waals surface area contributed by atoms with Crippen LogP contribution < -0.4 is 4.74 Å². The van der Waals surface area contributed by atoms with E-state index in [0.29, 0.717) is 4.47 Å². The molecule has 0 saturated heterocycles. The van der Waals surface area contributed by atoms with Gasteiger partial charge in [-0.2, -0.15) is 0 Å². The van der Waals surface area contributed by atoms with Crippen molar-refractivity contribution in [2.75, 3.05) is 0 Å². The van der Waals surface area contributed by atoms with Gasteiger partial charge in [0.25, 0.3) is 5.88 Å². The molecule has 0 atom stereocenters. The topological polar surface area (TPSA) is 103 Å². The number of carboxylic acids is 1. The van der Waals surface area contributed by atoms with Gasteiger partial charge in [0.15, 0.2) is 0 Å². The smallest absolute Gasteiger partial charge is 0.339 e. The van der Waals surface area contributed by atoms with E-state index in [1.165, 1.54) is 6.20 Å². The van der Waals surface area contributed by atoms with Crippen molar-refractivity contribution in [2.24, 2.45) is 0 Å². The van der Waals surface area contributed by atoms with Gasteiger partial charge in [0.2, 0.25) is 0 Å². The van der Waals surface area contributed by atoms with Gasteiger partial charge in [-0.3, -0.25) is 10.1 Å². The molecule has 1 N–H and O–H groups in total. The van der Waals surface area contributed by atoms with Crippen molar-refractivity contribution in [1.29, 1.82) is 0 Å². The molecule has 0 bridgehead atoms. The first-order valence-electron chi connectivity index (χ1n) is 5.39. The molecular weight excluding hydrogens is 351 g/mol. The number of aromatic carboxylic acids is 1. The minimum Gasteiger partial charge on any atom is -0.478 e. The Morgan fingerprint density at radius 1 is 1.43 bits per heavy atom. The van der Waals surface area contributed by atoms with Crippen molar-refractivity contribution in [3.8, 4) is 11.6 Å². The molecular formula is C12H6BrFN2O5. The van der Waals surface area contributed by atoms with Crippen molar-refractivity contribution in [2.45, 2.75) is 0 Å². The lowest BCUT2D eigenvalue weighted by atomic mass is 10.2. The van der Waals surface area contributed by atoms with Crippen molar-refractivity contribution in [1.82, 2.24) is 4.98 Å². The number of carboxylic acid groups (broad SMARTS) is 1. The maximum absolute atomic E-state index is 13.1. The molecule has 7 nitrogen and oxygen atoms in total. The van der Waals surface area contributed by atoms with E-state index in [-0.39, 0.29) is 5.75 Å². The van der Waals surface area contributed by atoms with Gasteiger partial charge >= 0.3 is 11.7 Å². The lowest BCUT2D eigenvalue weighted by Crippen LogP contribution is -2.03. The highest BCUT2D eigenvalue weighted by Gasteiger charge is 2.21. The van der Waals surface area contributed by atoms with Gasteiger partial charge in [-0.05, 0) is 34.1 Å². The Bertz CT molecular complexity index is 676. The van der Waals surface area contributed by atoms with Crippen molar-refractivity contribution >= 4 is 27.6 Å². The number of carbonyl (C=O) groups is 1. The summed E-state index contributed by atoms with van der Waals surface area (Å²) in [5, 5.41) is 19.9. The Labute approximate surface area is 125 Å². The SMILES string of the molecule is O=C(O)c1cc(F)ccc1Oc1ncc(Br)cc1[N+](=O)[O-]. The Kier molecular flexibility index (Phi) is 4.13. The van der Waals surface area contributed by atoms with Crippen LogP contribution in [0.4, 0.5) is 10.1 Å². The molecule has 1 heterocycles. The van der Waals surface area contributed by atoms with Gasteiger partial charge in [-0.25, -0.2) is 14.2 Å². The molecule has 0 aliphatic heterocycles. The number of hydrogen-bond acceptors (Lipinski definition) is 5. The second-order valence-corrected chi connectivity index (χ2v) is 4.70. The van der Waals surface area contributed by atoms with Crippen LogP contribution >= 0.6 is 15.9 Å². The third-order valence-corrected chi connectivity index (χ3v) is 2.81. The molecule has 0 unspecified atom stereocenters. The summed E-state index contributed by atoms with van der Waals surface area (Å²) >= 11 is 3.03. The largest absolute Gasteiger partial charge is 0.478 e. The summed E-state index contributed by atoms with van der Waals surface area (Å²) in [5.74, 6) is -2.83.